The molecular weight excluding hydrogens is 195 g/mol. The van der Waals surface area contributed by atoms with E-state index in [0.717, 1.165) is 6.54 Å². The molecule has 0 spiro atoms. The van der Waals surface area contributed by atoms with Crippen molar-refractivity contribution >= 4 is 12.0 Å². The van der Waals surface area contributed by atoms with Crippen LogP contribution in [0.25, 0.3) is 0 Å². The second-order valence-electron chi connectivity index (χ2n) is 3.35. The van der Waals surface area contributed by atoms with Gasteiger partial charge in [0.1, 0.15) is 12.1 Å². The fraction of sp³-hybridized carbons (Fsp3) is 0.364. The molecule has 15 heavy (non-hydrogen) atoms. The molecule has 0 aliphatic heterocycles. The van der Waals surface area contributed by atoms with Crippen LogP contribution >= 0.6 is 0 Å². The summed E-state index contributed by atoms with van der Waals surface area (Å²) >= 11 is 0. The molecule has 0 radical (unpaired) electrons. The van der Waals surface area contributed by atoms with E-state index in [2.05, 4.69) is 5.32 Å². The van der Waals surface area contributed by atoms with Gasteiger partial charge in [0.2, 0.25) is 0 Å². The number of anilines is 1. The van der Waals surface area contributed by atoms with Gasteiger partial charge >= 0.3 is 0 Å². The molecule has 0 unspecified atom stereocenters. The molecule has 0 saturated heterocycles. The van der Waals surface area contributed by atoms with Gasteiger partial charge in [-0.3, -0.25) is 4.79 Å². The van der Waals surface area contributed by atoms with Gasteiger partial charge in [-0.15, -0.1) is 0 Å². The van der Waals surface area contributed by atoms with Crippen LogP contribution in [0.15, 0.2) is 18.2 Å². The van der Waals surface area contributed by atoms with Gasteiger partial charge in [0, 0.05) is 25.7 Å². The normalized spacial score (nSPS) is 10.1. The lowest BCUT2D eigenvalue weighted by Crippen LogP contribution is -2.27. The largest absolute Gasteiger partial charge is 0.371 e. The Balaban J connectivity index is 2.80. The molecule has 1 aromatic rings. The molecular formula is C11H15FN2O. The summed E-state index contributed by atoms with van der Waals surface area (Å²) in [5.74, 6) is -0.363. The highest BCUT2D eigenvalue weighted by atomic mass is 19.1. The highest BCUT2D eigenvalue weighted by molar-refractivity contribution is 5.75. The molecule has 0 atom stereocenters. The number of hydrogen-bond donors (Lipinski definition) is 1. The predicted molar refractivity (Wildman–Crippen MR) is 59.0 cm³/mol. The number of aldehydes is 1. The van der Waals surface area contributed by atoms with E-state index < -0.39 is 0 Å². The van der Waals surface area contributed by atoms with E-state index in [1.54, 1.807) is 17.0 Å². The molecule has 82 valence electrons. The molecule has 0 bridgehead atoms. The Morgan fingerprint density at radius 2 is 2.27 bits per heavy atom. The second-order valence-corrected chi connectivity index (χ2v) is 3.35. The summed E-state index contributed by atoms with van der Waals surface area (Å²) in [7, 11) is 3.66. The maximum absolute atomic E-state index is 13.5. The smallest absolute Gasteiger partial charge is 0.150 e. The van der Waals surface area contributed by atoms with Crippen LogP contribution in [0.4, 0.5) is 10.1 Å². The molecule has 1 rings (SSSR count). The molecule has 4 heteroatoms. The highest BCUT2D eigenvalue weighted by Gasteiger charge is 2.07. The predicted octanol–water partition coefficient (Wildman–Crippen LogP) is 1.29. The summed E-state index contributed by atoms with van der Waals surface area (Å²) in [6, 6.07) is 4.48. The van der Waals surface area contributed by atoms with E-state index >= 15 is 0 Å². The number of rotatable bonds is 5. The number of carbonyl (C=O) groups is 1. The first kappa shape index (κ1) is 11.7. The van der Waals surface area contributed by atoms with Crippen molar-refractivity contribution in [2.24, 2.45) is 0 Å². The average molecular weight is 210 g/mol. The van der Waals surface area contributed by atoms with E-state index in [4.69, 9.17) is 0 Å². The second kappa shape index (κ2) is 5.46. The van der Waals surface area contributed by atoms with Crippen LogP contribution in [0.1, 0.15) is 10.4 Å². The van der Waals surface area contributed by atoms with Crippen LogP contribution in [0.5, 0.6) is 0 Å². The third-order valence-corrected chi connectivity index (χ3v) is 2.22. The molecule has 0 aromatic heterocycles. The quantitative estimate of drug-likeness (QED) is 0.743. The zero-order valence-corrected chi connectivity index (χ0v) is 8.96. The van der Waals surface area contributed by atoms with Gasteiger partial charge in [-0.05, 0) is 25.2 Å². The van der Waals surface area contributed by atoms with Gasteiger partial charge in [-0.25, -0.2) is 4.39 Å². The van der Waals surface area contributed by atoms with Crippen molar-refractivity contribution in [3.63, 3.8) is 0 Å². The summed E-state index contributed by atoms with van der Waals surface area (Å²) in [6.45, 7) is 1.50. The molecule has 0 fully saturated rings. The van der Waals surface area contributed by atoms with Crippen LogP contribution in [0.3, 0.4) is 0 Å². The molecule has 1 aromatic carbocycles. The SMILES string of the molecule is CNCCN(C)c1ccc(C=O)cc1F. The van der Waals surface area contributed by atoms with Crippen LogP contribution in [-0.2, 0) is 0 Å². The number of benzene rings is 1. The minimum Gasteiger partial charge on any atom is -0.371 e. The summed E-state index contributed by atoms with van der Waals surface area (Å²) in [5, 5.41) is 2.99. The molecule has 0 aliphatic rings. The molecule has 3 nitrogen and oxygen atoms in total. The average Bonchev–Trinajstić information content (AvgIpc) is 2.25. The fourth-order valence-electron chi connectivity index (χ4n) is 1.31. The zero-order chi connectivity index (χ0) is 11.3. The lowest BCUT2D eigenvalue weighted by molar-refractivity contribution is 0.112. The number of nitrogens with zero attached hydrogens (tertiary/aromatic N) is 1. The third-order valence-electron chi connectivity index (χ3n) is 2.22. The van der Waals surface area contributed by atoms with Crippen molar-refractivity contribution in [1.82, 2.24) is 5.32 Å². The Hall–Kier alpha value is -1.42. The van der Waals surface area contributed by atoms with E-state index in [0.29, 0.717) is 24.1 Å². The van der Waals surface area contributed by atoms with Crippen molar-refractivity contribution in [2.45, 2.75) is 0 Å². The van der Waals surface area contributed by atoms with E-state index in [1.807, 2.05) is 14.1 Å². The Morgan fingerprint density at radius 3 is 2.80 bits per heavy atom. The number of likely N-dealkylation sites (N-methyl/N-ethyl adjacent to an activating group) is 2. The maximum atomic E-state index is 13.5. The standard InChI is InChI=1S/C11H15FN2O/c1-13-5-6-14(2)11-4-3-9(8-15)7-10(11)12/h3-4,7-8,13H,5-6H2,1-2H3. The Kier molecular flexibility index (Phi) is 4.24. The van der Waals surface area contributed by atoms with Crippen molar-refractivity contribution in [2.75, 3.05) is 32.1 Å². The van der Waals surface area contributed by atoms with Crippen LogP contribution in [0, 0.1) is 5.82 Å². The van der Waals surface area contributed by atoms with Gasteiger partial charge in [0.15, 0.2) is 0 Å². The molecule has 0 aliphatic carbocycles. The van der Waals surface area contributed by atoms with Crippen molar-refractivity contribution in [3.8, 4) is 0 Å². The van der Waals surface area contributed by atoms with Gasteiger partial charge in [0.25, 0.3) is 0 Å². The van der Waals surface area contributed by atoms with Gasteiger partial charge in [0.05, 0.1) is 5.69 Å². The highest BCUT2D eigenvalue weighted by Crippen LogP contribution is 2.18. The van der Waals surface area contributed by atoms with Gasteiger partial charge in [-0.1, -0.05) is 0 Å². The Labute approximate surface area is 88.9 Å². The van der Waals surface area contributed by atoms with Crippen molar-refractivity contribution in [1.29, 1.82) is 0 Å². The maximum Gasteiger partial charge on any atom is 0.150 e. The van der Waals surface area contributed by atoms with E-state index in [1.165, 1.54) is 6.07 Å². The van der Waals surface area contributed by atoms with Crippen LogP contribution < -0.4 is 10.2 Å². The number of carbonyl (C=O) groups excluding carboxylic acids is 1. The zero-order valence-electron chi connectivity index (χ0n) is 8.96. The summed E-state index contributed by atoms with van der Waals surface area (Å²) < 4.78 is 13.5. The summed E-state index contributed by atoms with van der Waals surface area (Å²) in [4.78, 5) is 12.2. The first-order valence-electron chi connectivity index (χ1n) is 4.79. The van der Waals surface area contributed by atoms with Gasteiger partial charge in [-0.2, -0.15) is 0 Å². The minimum absolute atomic E-state index is 0.360. The topological polar surface area (TPSA) is 32.3 Å². The lowest BCUT2D eigenvalue weighted by Gasteiger charge is -2.19. The monoisotopic (exact) mass is 210 g/mol. The molecule has 0 saturated carbocycles. The minimum atomic E-state index is -0.363. The molecule has 1 N–H and O–H groups in total. The van der Waals surface area contributed by atoms with Crippen molar-refractivity contribution in [3.05, 3.63) is 29.6 Å². The van der Waals surface area contributed by atoms with Gasteiger partial charge < -0.3 is 10.2 Å². The first-order valence-corrected chi connectivity index (χ1v) is 4.79. The number of halogens is 1. The lowest BCUT2D eigenvalue weighted by atomic mass is 10.2. The van der Waals surface area contributed by atoms with Crippen LogP contribution in [-0.4, -0.2) is 33.5 Å². The Bertz CT molecular complexity index is 341. The Morgan fingerprint density at radius 1 is 1.53 bits per heavy atom. The molecule has 0 heterocycles. The van der Waals surface area contributed by atoms with E-state index in [-0.39, 0.29) is 5.82 Å². The number of hydrogen-bond acceptors (Lipinski definition) is 3. The van der Waals surface area contributed by atoms with E-state index in [9.17, 15) is 9.18 Å². The third kappa shape index (κ3) is 3.02. The fourth-order valence-corrected chi connectivity index (χ4v) is 1.31. The van der Waals surface area contributed by atoms with Crippen molar-refractivity contribution < 1.29 is 9.18 Å². The van der Waals surface area contributed by atoms with Crippen LogP contribution in [0.2, 0.25) is 0 Å². The summed E-state index contributed by atoms with van der Waals surface area (Å²) in [6.07, 6.45) is 0.639. The first-order chi connectivity index (χ1) is 7.19. The number of nitrogens with one attached hydrogen (secondary N) is 1. The molecule has 0 amide bonds. The summed E-state index contributed by atoms with van der Waals surface area (Å²) in [5.41, 5.74) is 0.870.